The minimum absolute atomic E-state index is 0.0482. The molecule has 0 spiro atoms. The lowest BCUT2D eigenvalue weighted by Gasteiger charge is -2.22. The van der Waals surface area contributed by atoms with Crippen LogP contribution < -0.4 is 10.6 Å². The van der Waals surface area contributed by atoms with E-state index in [-0.39, 0.29) is 29.9 Å². The predicted molar refractivity (Wildman–Crippen MR) is 115 cm³/mol. The van der Waals surface area contributed by atoms with Gasteiger partial charge in [0, 0.05) is 6.42 Å². The van der Waals surface area contributed by atoms with Crippen molar-refractivity contribution < 1.29 is 33.8 Å². The first-order chi connectivity index (χ1) is 15.2. The summed E-state index contributed by atoms with van der Waals surface area (Å²) in [6.07, 6.45) is -0.513. The second-order valence-electron chi connectivity index (χ2n) is 7.10. The van der Waals surface area contributed by atoms with Gasteiger partial charge >= 0.3 is 12.1 Å². The zero-order chi connectivity index (χ0) is 23.7. The first kappa shape index (κ1) is 24.4. The minimum atomic E-state index is -0.975. The Kier molecular flexibility index (Phi) is 8.76. The molecular formula is C23H26N2O7. The van der Waals surface area contributed by atoms with Gasteiger partial charge in [-0.15, -0.1) is 0 Å². The third-order valence-electron chi connectivity index (χ3n) is 4.79. The van der Waals surface area contributed by atoms with Gasteiger partial charge in [0.25, 0.3) is 0 Å². The normalized spacial score (nSPS) is 12.2. The van der Waals surface area contributed by atoms with Crippen LogP contribution in [0.25, 0.3) is 0 Å². The highest BCUT2D eigenvalue weighted by Crippen LogP contribution is 2.20. The van der Waals surface area contributed by atoms with Crippen LogP contribution in [0, 0.1) is 0 Å². The summed E-state index contributed by atoms with van der Waals surface area (Å²) in [7, 11) is 2.38. The van der Waals surface area contributed by atoms with Crippen LogP contribution in [0.15, 0.2) is 48.5 Å². The van der Waals surface area contributed by atoms with Gasteiger partial charge < -0.3 is 25.2 Å². The fourth-order valence-corrected chi connectivity index (χ4v) is 3.05. The molecule has 9 nitrogen and oxygen atoms in total. The van der Waals surface area contributed by atoms with Crippen LogP contribution in [0.5, 0.6) is 5.75 Å². The smallest absolute Gasteiger partial charge is 0.407 e. The lowest BCUT2D eigenvalue weighted by molar-refractivity contribution is -0.128. The minimum Gasteiger partial charge on any atom is -0.507 e. The summed E-state index contributed by atoms with van der Waals surface area (Å²) >= 11 is 0. The quantitative estimate of drug-likeness (QED) is 0.504. The molecule has 9 heteroatoms. The third-order valence-corrected chi connectivity index (χ3v) is 4.79. The number of ether oxygens (including phenoxy) is 2. The van der Waals surface area contributed by atoms with Crippen LogP contribution in [0.3, 0.4) is 0 Å². The Bertz CT molecular complexity index is 976. The van der Waals surface area contributed by atoms with Gasteiger partial charge in [-0.1, -0.05) is 36.4 Å². The number of ketones is 1. The van der Waals surface area contributed by atoms with E-state index in [2.05, 4.69) is 20.1 Å². The van der Waals surface area contributed by atoms with Crippen molar-refractivity contribution >= 4 is 23.8 Å². The SMILES string of the molecule is COC(=O)NC(Cc1ccccc1)C(=O)N[C@@H](Cc1ccc(O)c(C(=O)OC)c1)C(C)=O. The van der Waals surface area contributed by atoms with E-state index in [1.807, 2.05) is 30.3 Å². The van der Waals surface area contributed by atoms with Gasteiger partial charge in [0.1, 0.15) is 17.4 Å². The zero-order valence-electron chi connectivity index (χ0n) is 18.1. The van der Waals surface area contributed by atoms with Crippen LogP contribution in [-0.2, 0) is 31.9 Å². The standard InChI is InChI=1S/C23H26N2O7/c1-14(26)18(13-16-9-10-20(27)17(11-16)22(29)31-2)24-21(28)19(25-23(30)32-3)12-15-7-5-4-6-8-15/h4-11,18-19,27H,12-13H2,1-3H3,(H,24,28)(H,25,30)/t18-,19?/m0/s1. The molecule has 170 valence electrons. The average Bonchev–Trinajstić information content (AvgIpc) is 2.79. The molecule has 0 aliphatic carbocycles. The fourth-order valence-electron chi connectivity index (χ4n) is 3.05. The van der Waals surface area contributed by atoms with Gasteiger partial charge in [-0.05, 0) is 36.6 Å². The fraction of sp³-hybridized carbons (Fsp3) is 0.304. The van der Waals surface area contributed by atoms with Crippen LogP contribution in [-0.4, -0.2) is 55.2 Å². The van der Waals surface area contributed by atoms with E-state index in [4.69, 9.17) is 0 Å². The monoisotopic (exact) mass is 442 g/mol. The Morgan fingerprint density at radius 2 is 1.53 bits per heavy atom. The van der Waals surface area contributed by atoms with Gasteiger partial charge in [0.05, 0.1) is 20.3 Å². The molecule has 0 saturated carbocycles. The van der Waals surface area contributed by atoms with Crippen molar-refractivity contribution in [2.24, 2.45) is 0 Å². The molecule has 1 unspecified atom stereocenters. The molecule has 32 heavy (non-hydrogen) atoms. The molecule has 2 atom stereocenters. The number of phenolic OH excluding ortho intramolecular Hbond substituents is 1. The number of alkyl carbamates (subject to hydrolysis) is 1. The zero-order valence-corrected chi connectivity index (χ0v) is 18.1. The topological polar surface area (TPSA) is 131 Å². The number of phenols is 1. The van der Waals surface area contributed by atoms with Crippen molar-refractivity contribution in [1.29, 1.82) is 0 Å². The molecule has 2 amide bonds. The van der Waals surface area contributed by atoms with Gasteiger partial charge in [-0.25, -0.2) is 9.59 Å². The molecule has 0 fully saturated rings. The summed E-state index contributed by atoms with van der Waals surface area (Å²) in [4.78, 5) is 48.7. The Labute approximate surface area is 185 Å². The second kappa shape index (κ2) is 11.5. The van der Waals surface area contributed by atoms with E-state index in [1.165, 1.54) is 39.3 Å². The molecular weight excluding hydrogens is 416 g/mol. The molecule has 2 rings (SSSR count). The second-order valence-corrected chi connectivity index (χ2v) is 7.10. The molecule has 0 saturated heterocycles. The third kappa shape index (κ3) is 6.83. The van der Waals surface area contributed by atoms with Crippen molar-refractivity contribution in [2.75, 3.05) is 14.2 Å². The number of carbonyl (C=O) groups is 4. The summed E-state index contributed by atoms with van der Waals surface area (Å²) in [5.74, 6) is -1.86. The van der Waals surface area contributed by atoms with Gasteiger partial charge in [0.2, 0.25) is 5.91 Å². The lowest BCUT2D eigenvalue weighted by Crippen LogP contribution is -2.52. The number of rotatable bonds is 9. The Morgan fingerprint density at radius 1 is 0.875 bits per heavy atom. The molecule has 2 aromatic carbocycles. The number of nitrogens with one attached hydrogen (secondary N) is 2. The van der Waals surface area contributed by atoms with Gasteiger partial charge in [-0.3, -0.25) is 9.59 Å². The maximum Gasteiger partial charge on any atom is 0.407 e. The Balaban J connectivity index is 2.20. The van der Waals surface area contributed by atoms with Crippen molar-refractivity contribution in [1.82, 2.24) is 10.6 Å². The largest absolute Gasteiger partial charge is 0.507 e. The highest BCUT2D eigenvalue weighted by Gasteiger charge is 2.26. The number of amides is 2. The highest BCUT2D eigenvalue weighted by atomic mass is 16.5. The Morgan fingerprint density at radius 3 is 2.12 bits per heavy atom. The first-order valence-electron chi connectivity index (χ1n) is 9.84. The number of hydrogen-bond acceptors (Lipinski definition) is 7. The highest BCUT2D eigenvalue weighted by molar-refractivity contribution is 5.93. The van der Waals surface area contributed by atoms with Crippen molar-refractivity contribution in [2.45, 2.75) is 31.8 Å². The summed E-state index contributed by atoms with van der Waals surface area (Å²) in [6, 6.07) is 11.4. The molecule has 2 aromatic rings. The van der Waals surface area contributed by atoms with Crippen molar-refractivity contribution in [3.63, 3.8) is 0 Å². The summed E-state index contributed by atoms with van der Waals surface area (Å²) < 4.78 is 9.25. The number of aromatic hydroxyl groups is 1. The van der Waals surface area contributed by atoms with Gasteiger partial charge in [-0.2, -0.15) is 0 Å². The van der Waals surface area contributed by atoms with Crippen LogP contribution in [0.2, 0.25) is 0 Å². The average molecular weight is 442 g/mol. The number of carbonyl (C=O) groups excluding carboxylic acids is 4. The van der Waals surface area contributed by atoms with Crippen molar-refractivity contribution in [3.05, 3.63) is 65.2 Å². The number of hydrogen-bond donors (Lipinski definition) is 3. The maximum absolute atomic E-state index is 12.9. The van der Waals surface area contributed by atoms with Crippen LogP contribution in [0.1, 0.15) is 28.4 Å². The molecule has 0 radical (unpaired) electrons. The van der Waals surface area contributed by atoms with E-state index in [1.54, 1.807) is 0 Å². The van der Waals surface area contributed by atoms with E-state index in [0.717, 1.165) is 5.56 Å². The molecule has 0 aliphatic heterocycles. The molecule has 3 N–H and O–H groups in total. The molecule has 0 aliphatic rings. The lowest BCUT2D eigenvalue weighted by atomic mass is 9.99. The predicted octanol–water partition coefficient (Wildman–Crippen LogP) is 1.76. The maximum atomic E-state index is 12.9. The van der Waals surface area contributed by atoms with E-state index < -0.39 is 30.1 Å². The number of esters is 1. The Hall–Kier alpha value is -3.88. The first-order valence-corrected chi connectivity index (χ1v) is 9.84. The van der Waals surface area contributed by atoms with Crippen molar-refractivity contribution in [3.8, 4) is 5.75 Å². The molecule has 0 bridgehead atoms. The van der Waals surface area contributed by atoms with Crippen LogP contribution >= 0.6 is 0 Å². The summed E-state index contributed by atoms with van der Waals surface area (Å²) in [5.41, 5.74) is 1.29. The number of methoxy groups -OCH3 is 2. The molecule has 0 aromatic heterocycles. The summed E-state index contributed by atoms with van der Waals surface area (Å²) in [6.45, 7) is 1.33. The number of Topliss-reactive ketones (excluding diaryl/α,β-unsaturated/α-hetero) is 1. The van der Waals surface area contributed by atoms with Gasteiger partial charge in [0.15, 0.2) is 5.78 Å². The summed E-state index contributed by atoms with van der Waals surface area (Å²) in [5, 5.41) is 15.0. The van der Waals surface area contributed by atoms with Crippen LogP contribution in [0.4, 0.5) is 4.79 Å². The van der Waals surface area contributed by atoms with E-state index in [9.17, 15) is 24.3 Å². The number of benzene rings is 2. The van der Waals surface area contributed by atoms with E-state index in [0.29, 0.717) is 5.56 Å². The molecule has 0 heterocycles. The van der Waals surface area contributed by atoms with E-state index >= 15 is 0 Å².